The van der Waals surface area contributed by atoms with Gasteiger partial charge in [-0.05, 0) is 33.1 Å². The third-order valence-electron chi connectivity index (χ3n) is 4.54. The number of H-pyrrole nitrogens is 1. The summed E-state index contributed by atoms with van der Waals surface area (Å²) in [6.07, 6.45) is 4.85. The molecule has 21 heavy (non-hydrogen) atoms. The number of aliphatic hydroxyl groups is 1. The molecule has 2 heterocycles. The van der Waals surface area contributed by atoms with Gasteiger partial charge in [-0.1, -0.05) is 6.08 Å². The highest BCUT2D eigenvalue weighted by Crippen LogP contribution is 2.33. The lowest BCUT2D eigenvalue weighted by atomic mass is 9.77. The van der Waals surface area contributed by atoms with E-state index in [1.807, 2.05) is 24.8 Å². The Balaban J connectivity index is 2.07. The molecule has 0 spiro atoms. The van der Waals surface area contributed by atoms with E-state index in [0.29, 0.717) is 13.0 Å². The number of hydrogen-bond acceptors (Lipinski definition) is 3. The molecule has 2 rings (SSSR count). The normalized spacial score (nSPS) is 22.3. The average molecular weight is 291 g/mol. The van der Waals surface area contributed by atoms with Crippen molar-refractivity contribution in [1.29, 1.82) is 0 Å². The van der Waals surface area contributed by atoms with Crippen LogP contribution in [0.15, 0.2) is 12.7 Å². The van der Waals surface area contributed by atoms with E-state index in [0.717, 1.165) is 42.8 Å². The maximum absolute atomic E-state index is 12.6. The predicted molar refractivity (Wildman–Crippen MR) is 81.9 cm³/mol. The SMILES string of the molecule is C=CC[C@@]1(CO)CCCN(C(=O)Cc2c(C)n[nH]c2C)C1. The first-order valence-corrected chi connectivity index (χ1v) is 7.51. The van der Waals surface area contributed by atoms with E-state index in [1.54, 1.807) is 0 Å². The van der Waals surface area contributed by atoms with Gasteiger partial charge in [0.2, 0.25) is 5.91 Å². The van der Waals surface area contributed by atoms with Crippen LogP contribution in [-0.2, 0) is 11.2 Å². The smallest absolute Gasteiger partial charge is 0.227 e. The highest BCUT2D eigenvalue weighted by molar-refractivity contribution is 5.79. The zero-order valence-electron chi connectivity index (χ0n) is 13.0. The molecule has 1 atom stereocenters. The Morgan fingerprint density at radius 2 is 2.33 bits per heavy atom. The maximum atomic E-state index is 12.6. The van der Waals surface area contributed by atoms with Crippen molar-refractivity contribution in [3.05, 3.63) is 29.6 Å². The van der Waals surface area contributed by atoms with Crippen LogP contribution < -0.4 is 0 Å². The van der Waals surface area contributed by atoms with E-state index >= 15 is 0 Å². The zero-order chi connectivity index (χ0) is 15.5. The summed E-state index contributed by atoms with van der Waals surface area (Å²) in [6.45, 7) is 9.12. The van der Waals surface area contributed by atoms with E-state index in [2.05, 4.69) is 16.8 Å². The molecule has 5 nitrogen and oxygen atoms in total. The van der Waals surface area contributed by atoms with Crippen molar-refractivity contribution >= 4 is 5.91 Å². The molecule has 0 radical (unpaired) electrons. The summed E-state index contributed by atoms with van der Waals surface area (Å²) < 4.78 is 0. The van der Waals surface area contributed by atoms with E-state index in [9.17, 15) is 9.90 Å². The summed E-state index contributed by atoms with van der Waals surface area (Å²) in [5.74, 6) is 0.115. The Bertz CT molecular complexity index is 504. The summed E-state index contributed by atoms with van der Waals surface area (Å²) >= 11 is 0. The van der Waals surface area contributed by atoms with Crippen LogP contribution >= 0.6 is 0 Å². The number of piperidine rings is 1. The highest BCUT2D eigenvalue weighted by atomic mass is 16.3. The molecule has 2 N–H and O–H groups in total. The molecule has 1 fully saturated rings. The Labute approximate surface area is 126 Å². The third kappa shape index (κ3) is 3.35. The van der Waals surface area contributed by atoms with Crippen LogP contribution in [-0.4, -0.2) is 45.8 Å². The number of carbonyl (C=O) groups is 1. The lowest BCUT2D eigenvalue weighted by Crippen LogP contribution is -2.48. The number of carbonyl (C=O) groups excluding carboxylic acids is 1. The first-order valence-electron chi connectivity index (χ1n) is 7.51. The lowest BCUT2D eigenvalue weighted by molar-refractivity contribution is -0.134. The molecule has 0 aliphatic carbocycles. The Morgan fingerprint density at radius 1 is 1.57 bits per heavy atom. The van der Waals surface area contributed by atoms with Crippen molar-refractivity contribution in [1.82, 2.24) is 15.1 Å². The number of rotatable bonds is 5. The maximum Gasteiger partial charge on any atom is 0.227 e. The minimum absolute atomic E-state index is 0.104. The summed E-state index contributed by atoms with van der Waals surface area (Å²) in [7, 11) is 0. The van der Waals surface area contributed by atoms with E-state index in [1.165, 1.54) is 0 Å². The fourth-order valence-corrected chi connectivity index (χ4v) is 3.18. The van der Waals surface area contributed by atoms with Gasteiger partial charge >= 0.3 is 0 Å². The van der Waals surface area contributed by atoms with Gasteiger partial charge in [-0.25, -0.2) is 0 Å². The van der Waals surface area contributed by atoms with Crippen molar-refractivity contribution < 1.29 is 9.90 Å². The number of amides is 1. The quantitative estimate of drug-likeness (QED) is 0.812. The van der Waals surface area contributed by atoms with Crippen molar-refractivity contribution in [2.45, 2.75) is 39.5 Å². The molecule has 1 aromatic rings. The second-order valence-corrected chi connectivity index (χ2v) is 6.16. The molecular weight excluding hydrogens is 266 g/mol. The van der Waals surface area contributed by atoms with Gasteiger partial charge in [0, 0.05) is 29.8 Å². The fourth-order valence-electron chi connectivity index (χ4n) is 3.18. The average Bonchev–Trinajstić information content (AvgIpc) is 2.79. The number of aliphatic hydroxyl groups excluding tert-OH is 1. The molecule has 1 aliphatic heterocycles. The summed E-state index contributed by atoms with van der Waals surface area (Å²) in [4.78, 5) is 14.4. The molecule has 0 unspecified atom stereocenters. The van der Waals surface area contributed by atoms with Crippen LogP contribution in [0.4, 0.5) is 0 Å². The first-order chi connectivity index (χ1) is 10.0. The molecule has 0 aromatic carbocycles. The number of nitrogens with one attached hydrogen (secondary N) is 1. The standard InChI is InChI=1S/C16H25N3O2/c1-4-6-16(11-20)7-5-8-19(10-16)15(21)9-14-12(2)17-18-13(14)3/h4,20H,1,5-11H2,2-3H3,(H,17,18)/t16-/m1/s1. The predicted octanol–water partition coefficient (Wildman–Crippen LogP) is 1.75. The van der Waals surface area contributed by atoms with E-state index in [4.69, 9.17) is 0 Å². The summed E-state index contributed by atoms with van der Waals surface area (Å²) in [5, 5.41) is 16.8. The highest BCUT2D eigenvalue weighted by Gasteiger charge is 2.35. The van der Waals surface area contributed by atoms with E-state index in [-0.39, 0.29) is 17.9 Å². The minimum Gasteiger partial charge on any atom is -0.396 e. The number of allylic oxidation sites excluding steroid dienone is 1. The van der Waals surface area contributed by atoms with Gasteiger partial charge in [-0.3, -0.25) is 9.89 Å². The molecule has 0 saturated carbocycles. The number of nitrogens with zero attached hydrogens (tertiary/aromatic N) is 2. The van der Waals surface area contributed by atoms with Crippen LogP contribution in [0.1, 0.15) is 36.2 Å². The van der Waals surface area contributed by atoms with Gasteiger partial charge in [0.15, 0.2) is 0 Å². The Kier molecular flexibility index (Phi) is 4.83. The third-order valence-corrected chi connectivity index (χ3v) is 4.54. The van der Waals surface area contributed by atoms with Crippen molar-refractivity contribution in [2.24, 2.45) is 5.41 Å². The minimum atomic E-state index is -0.212. The molecule has 5 heteroatoms. The first kappa shape index (κ1) is 15.8. The lowest BCUT2D eigenvalue weighted by Gasteiger charge is -2.41. The summed E-state index contributed by atoms with van der Waals surface area (Å²) in [6, 6.07) is 0. The second-order valence-electron chi connectivity index (χ2n) is 6.16. The van der Waals surface area contributed by atoms with Crippen molar-refractivity contribution in [2.75, 3.05) is 19.7 Å². The van der Waals surface area contributed by atoms with Crippen molar-refractivity contribution in [3.8, 4) is 0 Å². The molecule has 116 valence electrons. The number of aromatic amines is 1. The molecule has 1 aliphatic rings. The monoisotopic (exact) mass is 291 g/mol. The number of hydrogen-bond donors (Lipinski definition) is 2. The van der Waals surface area contributed by atoms with E-state index < -0.39 is 0 Å². The summed E-state index contributed by atoms with van der Waals surface area (Å²) in [5.41, 5.74) is 2.62. The topological polar surface area (TPSA) is 69.2 Å². The number of aryl methyl sites for hydroxylation is 2. The molecule has 1 amide bonds. The van der Waals surface area contributed by atoms with Gasteiger partial charge < -0.3 is 10.0 Å². The van der Waals surface area contributed by atoms with Crippen LogP contribution in [0.3, 0.4) is 0 Å². The molecule has 0 bridgehead atoms. The van der Waals surface area contributed by atoms with Gasteiger partial charge in [-0.15, -0.1) is 6.58 Å². The largest absolute Gasteiger partial charge is 0.396 e. The zero-order valence-corrected chi connectivity index (χ0v) is 13.0. The van der Waals surface area contributed by atoms with Crippen LogP contribution in [0.5, 0.6) is 0 Å². The molecule has 1 saturated heterocycles. The fraction of sp³-hybridized carbons (Fsp3) is 0.625. The Morgan fingerprint density at radius 3 is 2.90 bits per heavy atom. The van der Waals surface area contributed by atoms with Crippen LogP contribution in [0, 0.1) is 19.3 Å². The van der Waals surface area contributed by atoms with Gasteiger partial charge in [-0.2, -0.15) is 5.10 Å². The Hall–Kier alpha value is -1.62. The molecular formula is C16H25N3O2. The molecule has 1 aromatic heterocycles. The second kappa shape index (κ2) is 6.43. The number of likely N-dealkylation sites (tertiary alicyclic amines) is 1. The van der Waals surface area contributed by atoms with Crippen molar-refractivity contribution in [3.63, 3.8) is 0 Å². The van der Waals surface area contributed by atoms with Crippen LogP contribution in [0.2, 0.25) is 0 Å². The van der Waals surface area contributed by atoms with Gasteiger partial charge in [0.25, 0.3) is 0 Å². The van der Waals surface area contributed by atoms with Gasteiger partial charge in [0.05, 0.1) is 18.7 Å². The van der Waals surface area contributed by atoms with Crippen LogP contribution in [0.25, 0.3) is 0 Å². The number of aromatic nitrogens is 2. The van der Waals surface area contributed by atoms with Gasteiger partial charge in [0.1, 0.15) is 0 Å².